The van der Waals surface area contributed by atoms with E-state index in [1.807, 2.05) is 19.0 Å². The van der Waals surface area contributed by atoms with E-state index < -0.39 is 17.7 Å². The van der Waals surface area contributed by atoms with Crippen LogP contribution in [0.25, 0.3) is 5.76 Å². The first kappa shape index (κ1) is 22.2. The van der Waals surface area contributed by atoms with Crippen LogP contribution in [-0.2, 0) is 9.59 Å². The Morgan fingerprint density at radius 2 is 1.88 bits per heavy atom. The molecule has 1 unspecified atom stereocenters. The van der Waals surface area contributed by atoms with Gasteiger partial charge in [-0.2, -0.15) is 0 Å². The van der Waals surface area contributed by atoms with Crippen molar-refractivity contribution < 1.29 is 24.2 Å². The van der Waals surface area contributed by atoms with Crippen molar-refractivity contribution in [3.63, 3.8) is 0 Å². The van der Waals surface area contributed by atoms with E-state index in [9.17, 15) is 14.7 Å². The third-order valence-corrected chi connectivity index (χ3v) is 5.76. The van der Waals surface area contributed by atoms with Crippen LogP contribution in [0.4, 0.5) is 0 Å². The highest BCUT2D eigenvalue weighted by Crippen LogP contribution is 2.41. The topological polar surface area (TPSA) is 79.3 Å². The molecular weight excluding hydrogens is 432 g/mol. The molecule has 7 nitrogen and oxygen atoms in total. The van der Waals surface area contributed by atoms with Gasteiger partial charge < -0.3 is 24.4 Å². The van der Waals surface area contributed by atoms with Gasteiger partial charge in [-0.25, -0.2) is 0 Å². The number of amides is 1. The molecule has 8 heteroatoms. The number of hydrogen-bond acceptors (Lipinski definition) is 6. The minimum atomic E-state index is -0.732. The normalized spacial score (nSPS) is 19.6. The molecule has 0 aliphatic carbocycles. The SMILES string of the molecule is CN(C)CCCN1C(=O)C(=O)C(=C(O)c2ccc3c(c2)OCCO3)C1c1cccc(Cl)c1. The number of likely N-dealkylation sites (tertiary alicyclic amines) is 1. The van der Waals surface area contributed by atoms with Crippen molar-refractivity contribution in [3.05, 3.63) is 64.2 Å². The number of ether oxygens (including phenoxy) is 2. The molecule has 32 heavy (non-hydrogen) atoms. The summed E-state index contributed by atoms with van der Waals surface area (Å²) in [6, 6.07) is 11.2. The smallest absolute Gasteiger partial charge is 0.295 e. The van der Waals surface area contributed by atoms with E-state index in [4.69, 9.17) is 21.1 Å². The van der Waals surface area contributed by atoms with Gasteiger partial charge in [-0.3, -0.25) is 9.59 Å². The van der Waals surface area contributed by atoms with Crippen LogP contribution in [0, 0.1) is 0 Å². The molecule has 2 heterocycles. The van der Waals surface area contributed by atoms with E-state index in [2.05, 4.69) is 0 Å². The molecule has 2 aliphatic rings. The summed E-state index contributed by atoms with van der Waals surface area (Å²) in [6.07, 6.45) is 0.682. The van der Waals surface area contributed by atoms with Gasteiger partial charge in [0.1, 0.15) is 19.0 Å². The van der Waals surface area contributed by atoms with Crippen molar-refractivity contribution in [3.8, 4) is 11.5 Å². The van der Waals surface area contributed by atoms with Crippen molar-refractivity contribution in [1.29, 1.82) is 0 Å². The monoisotopic (exact) mass is 456 g/mol. The summed E-state index contributed by atoms with van der Waals surface area (Å²) in [5.41, 5.74) is 1.09. The highest BCUT2D eigenvalue weighted by atomic mass is 35.5. The largest absolute Gasteiger partial charge is 0.507 e. The summed E-state index contributed by atoms with van der Waals surface area (Å²) < 4.78 is 11.1. The number of aliphatic hydroxyl groups excluding tert-OH is 1. The second-order valence-corrected chi connectivity index (χ2v) is 8.50. The molecule has 1 N–H and O–H groups in total. The van der Waals surface area contributed by atoms with Crippen molar-refractivity contribution >= 4 is 29.1 Å². The number of benzene rings is 2. The molecule has 168 valence electrons. The van der Waals surface area contributed by atoms with Gasteiger partial charge in [0.2, 0.25) is 0 Å². The van der Waals surface area contributed by atoms with Crippen LogP contribution in [0.15, 0.2) is 48.0 Å². The number of carbonyl (C=O) groups is 2. The minimum absolute atomic E-state index is 0.0406. The molecule has 0 aromatic heterocycles. The predicted octanol–water partition coefficient (Wildman–Crippen LogP) is 3.48. The van der Waals surface area contributed by atoms with E-state index in [-0.39, 0.29) is 11.3 Å². The highest BCUT2D eigenvalue weighted by molar-refractivity contribution is 6.46. The minimum Gasteiger partial charge on any atom is -0.507 e. The zero-order chi connectivity index (χ0) is 22.8. The Morgan fingerprint density at radius 1 is 1.12 bits per heavy atom. The van der Waals surface area contributed by atoms with Crippen LogP contribution < -0.4 is 9.47 Å². The Labute approximate surface area is 191 Å². The average molecular weight is 457 g/mol. The molecule has 1 amide bonds. The molecule has 0 radical (unpaired) electrons. The molecule has 2 aromatic rings. The van der Waals surface area contributed by atoms with Crippen molar-refractivity contribution in [1.82, 2.24) is 9.80 Å². The average Bonchev–Trinajstić information content (AvgIpc) is 3.03. The molecule has 1 saturated heterocycles. The van der Waals surface area contributed by atoms with E-state index >= 15 is 0 Å². The maximum absolute atomic E-state index is 13.1. The van der Waals surface area contributed by atoms with Crippen molar-refractivity contribution in [2.45, 2.75) is 12.5 Å². The lowest BCUT2D eigenvalue weighted by atomic mass is 9.95. The van der Waals surface area contributed by atoms with Crippen LogP contribution in [-0.4, -0.2) is 67.0 Å². The second-order valence-electron chi connectivity index (χ2n) is 8.06. The number of nitrogens with zero attached hydrogens (tertiary/aromatic N) is 2. The fourth-order valence-corrected chi connectivity index (χ4v) is 4.24. The summed E-state index contributed by atoms with van der Waals surface area (Å²) in [7, 11) is 3.90. The lowest BCUT2D eigenvalue weighted by Crippen LogP contribution is -2.32. The zero-order valence-electron chi connectivity index (χ0n) is 18.0. The van der Waals surface area contributed by atoms with Gasteiger partial charge in [-0.05, 0) is 63.0 Å². The fraction of sp³-hybridized carbons (Fsp3) is 0.333. The Morgan fingerprint density at radius 3 is 2.59 bits per heavy atom. The number of Topliss-reactive ketones (excluding diaryl/α,β-unsaturated/α-hetero) is 1. The summed E-state index contributed by atoms with van der Waals surface area (Å²) in [5.74, 6) is -0.538. The first-order valence-corrected chi connectivity index (χ1v) is 10.8. The van der Waals surface area contributed by atoms with Crippen LogP contribution >= 0.6 is 11.6 Å². The number of rotatable bonds is 6. The first-order chi connectivity index (χ1) is 15.4. The predicted molar refractivity (Wildman–Crippen MR) is 121 cm³/mol. The lowest BCUT2D eigenvalue weighted by molar-refractivity contribution is -0.139. The van der Waals surface area contributed by atoms with E-state index in [0.717, 1.165) is 6.54 Å². The third kappa shape index (κ3) is 4.31. The van der Waals surface area contributed by atoms with E-state index in [0.29, 0.717) is 53.8 Å². The number of halogens is 1. The Kier molecular flexibility index (Phi) is 6.39. The summed E-state index contributed by atoms with van der Waals surface area (Å²) in [5, 5.41) is 11.7. The molecule has 0 bridgehead atoms. The van der Waals surface area contributed by atoms with Crippen LogP contribution in [0.3, 0.4) is 0 Å². The van der Waals surface area contributed by atoms with E-state index in [1.165, 1.54) is 4.90 Å². The number of carbonyl (C=O) groups excluding carboxylic acids is 2. The third-order valence-electron chi connectivity index (χ3n) is 5.52. The second kappa shape index (κ2) is 9.22. The molecule has 4 rings (SSSR count). The Hall–Kier alpha value is -3.03. The maximum atomic E-state index is 13.1. The summed E-state index contributed by atoms with van der Waals surface area (Å²) in [4.78, 5) is 29.6. The molecule has 2 aliphatic heterocycles. The van der Waals surface area contributed by atoms with Gasteiger partial charge in [-0.1, -0.05) is 23.7 Å². The van der Waals surface area contributed by atoms with Crippen LogP contribution in [0.1, 0.15) is 23.6 Å². The number of aliphatic hydroxyl groups is 1. The first-order valence-electron chi connectivity index (χ1n) is 10.5. The Bertz CT molecular complexity index is 1080. The molecule has 0 spiro atoms. The van der Waals surface area contributed by atoms with Gasteiger partial charge in [0.05, 0.1) is 11.6 Å². The standard InChI is InChI=1S/C24H25ClN2O5/c1-26(2)9-4-10-27-21(15-5-3-6-17(25)13-15)20(23(29)24(27)30)22(28)16-7-8-18-19(14-16)32-12-11-31-18/h3,5-8,13-14,21,28H,4,9-12H2,1-2H3. The quantitative estimate of drug-likeness (QED) is 0.407. The summed E-state index contributed by atoms with van der Waals surface area (Å²) >= 11 is 6.21. The van der Waals surface area contributed by atoms with E-state index in [1.54, 1.807) is 42.5 Å². The number of hydrogen-bond donors (Lipinski definition) is 1. The molecule has 1 fully saturated rings. The van der Waals surface area contributed by atoms with Gasteiger partial charge in [0, 0.05) is 17.1 Å². The Balaban J connectivity index is 1.79. The van der Waals surface area contributed by atoms with Crippen LogP contribution in [0.5, 0.6) is 11.5 Å². The zero-order valence-corrected chi connectivity index (χ0v) is 18.8. The summed E-state index contributed by atoms with van der Waals surface area (Å²) in [6.45, 7) is 1.98. The molecule has 0 saturated carbocycles. The molecule has 1 atom stereocenters. The number of fused-ring (bicyclic) bond motifs is 1. The van der Waals surface area contributed by atoms with Gasteiger partial charge >= 0.3 is 0 Å². The molecule has 2 aromatic carbocycles. The van der Waals surface area contributed by atoms with Gasteiger partial charge in [0.15, 0.2) is 11.5 Å². The van der Waals surface area contributed by atoms with Gasteiger partial charge in [-0.15, -0.1) is 0 Å². The number of ketones is 1. The van der Waals surface area contributed by atoms with Gasteiger partial charge in [0.25, 0.3) is 11.7 Å². The molecular formula is C24H25ClN2O5. The van der Waals surface area contributed by atoms with Crippen molar-refractivity contribution in [2.24, 2.45) is 0 Å². The van der Waals surface area contributed by atoms with Crippen molar-refractivity contribution in [2.75, 3.05) is 40.4 Å². The van der Waals surface area contributed by atoms with Crippen LogP contribution in [0.2, 0.25) is 5.02 Å². The lowest BCUT2D eigenvalue weighted by Gasteiger charge is -2.26. The maximum Gasteiger partial charge on any atom is 0.295 e. The highest BCUT2D eigenvalue weighted by Gasteiger charge is 2.45. The fourth-order valence-electron chi connectivity index (χ4n) is 4.04.